The Morgan fingerprint density at radius 2 is 1.95 bits per heavy atom. The minimum absolute atomic E-state index is 0.244. The van der Waals surface area contributed by atoms with Gasteiger partial charge < -0.3 is 14.8 Å². The Hall–Kier alpha value is -0.480. The summed E-state index contributed by atoms with van der Waals surface area (Å²) in [5.74, 6) is 1.41. The second kappa shape index (κ2) is 6.52. The molecule has 0 saturated heterocycles. The molecule has 1 aromatic carbocycles. The fourth-order valence-electron chi connectivity index (χ4n) is 2.05. The van der Waals surface area contributed by atoms with E-state index in [0.29, 0.717) is 21.8 Å². The zero-order valence-electron chi connectivity index (χ0n) is 11.3. The molecule has 2 aliphatic rings. The third-order valence-corrected chi connectivity index (χ3v) is 4.08. The Labute approximate surface area is 129 Å². The lowest BCUT2D eigenvalue weighted by Gasteiger charge is -2.14. The Kier molecular flexibility index (Phi) is 4.72. The van der Waals surface area contributed by atoms with Crippen molar-refractivity contribution < 1.29 is 9.47 Å². The normalized spacial score (nSPS) is 18.3. The van der Waals surface area contributed by atoms with Crippen LogP contribution in [-0.2, 0) is 11.3 Å². The van der Waals surface area contributed by atoms with Gasteiger partial charge in [-0.25, -0.2) is 0 Å². The average Bonchev–Trinajstić information content (AvgIpc) is 3.27. The van der Waals surface area contributed by atoms with E-state index in [1.54, 1.807) is 6.07 Å². The lowest BCUT2D eigenvalue weighted by molar-refractivity contribution is 0.00947. The van der Waals surface area contributed by atoms with E-state index in [9.17, 15) is 0 Å². The van der Waals surface area contributed by atoms with Gasteiger partial charge in [-0.05, 0) is 43.7 Å². The van der Waals surface area contributed by atoms with Crippen molar-refractivity contribution in [2.45, 2.75) is 38.3 Å². The third-order valence-electron chi connectivity index (χ3n) is 3.58. The summed E-state index contributed by atoms with van der Waals surface area (Å²) in [6.07, 6.45) is 5.04. The molecule has 3 rings (SSSR count). The molecule has 0 bridgehead atoms. The number of benzene rings is 1. The number of halogens is 2. The molecule has 2 aliphatic carbocycles. The molecule has 110 valence electrons. The molecule has 1 aromatic rings. The number of nitrogens with one attached hydrogen (secondary N) is 1. The highest BCUT2D eigenvalue weighted by atomic mass is 35.5. The maximum absolute atomic E-state index is 6.23. The molecule has 3 nitrogen and oxygen atoms in total. The van der Waals surface area contributed by atoms with Crippen LogP contribution in [0.25, 0.3) is 0 Å². The molecule has 2 saturated carbocycles. The third kappa shape index (κ3) is 4.26. The van der Waals surface area contributed by atoms with Crippen LogP contribution in [0.4, 0.5) is 0 Å². The number of hydrogen-bond acceptors (Lipinski definition) is 3. The first-order valence-corrected chi connectivity index (χ1v) is 7.90. The first kappa shape index (κ1) is 14.5. The number of ether oxygens (including phenoxy) is 2. The summed E-state index contributed by atoms with van der Waals surface area (Å²) in [7, 11) is 0. The summed E-state index contributed by atoms with van der Waals surface area (Å²) in [6.45, 7) is 1.75. The zero-order chi connectivity index (χ0) is 13.9. The van der Waals surface area contributed by atoms with Crippen molar-refractivity contribution in [3.05, 3.63) is 27.7 Å². The molecule has 1 N–H and O–H groups in total. The van der Waals surface area contributed by atoms with E-state index >= 15 is 0 Å². The molecule has 20 heavy (non-hydrogen) atoms. The molecule has 0 heterocycles. The second-order valence-corrected chi connectivity index (χ2v) is 6.45. The lowest BCUT2D eigenvalue weighted by Crippen LogP contribution is -2.16. The van der Waals surface area contributed by atoms with E-state index in [1.165, 1.54) is 25.7 Å². The average molecular weight is 316 g/mol. The standard InChI is InChI=1S/C15H19Cl2NO2/c16-12-5-11(7-18-13-3-4-13)15(14(17)6-12)20-9-19-8-10-1-2-10/h5-6,10,13,18H,1-4,7-9H2. The van der Waals surface area contributed by atoms with Crippen LogP contribution in [0.2, 0.25) is 10.0 Å². The smallest absolute Gasteiger partial charge is 0.189 e. The minimum Gasteiger partial charge on any atom is -0.466 e. The molecule has 5 heteroatoms. The van der Waals surface area contributed by atoms with Gasteiger partial charge in [0, 0.05) is 23.2 Å². The minimum atomic E-state index is 0.244. The van der Waals surface area contributed by atoms with Gasteiger partial charge >= 0.3 is 0 Å². The van der Waals surface area contributed by atoms with Gasteiger partial charge in [0.15, 0.2) is 6.79 Å². The van der Waals surface area contributed by atoms with Gasteiger partial charge in [0.25, 0.3) is 0 Å². The van der Waals surface area contributed by atoms with Crippen LogP contribution in [0, 0.1) is 5.92 Å². The van der Waals surface area contributed by atoms with Gasteiger partial charge in [0.05, 0.1) is 11.6 Å². The predicted molar refractivity (Wildman–Crippen MR) is 80.5 cm³/mol. The topological polar surface area (TPSA) is 30.5 Å². The summed E-state index contributed by atoms with van der Waals surface area (Å²) < 4.78 is 11.2. The molecule has 0 aliphatic heterocycles. The maximum Gasteiger partial charge on any atom is 0.189 e. The van der Waals surface area contributed by atoms with E-state index in [2.05, 4.69) is 5.32 Å². The molecular formula is C15H19Cl2NO2. The highest BCUT2D eigenvalue weighted by Crippen LogP contribution is 2.33. The highest BCUT2D eigenvalue weighted by Gasteiger charge is 2.22. The molecule has 0 radical (unpaired) electrons. The van der Waals surface area contributed by atoms with Crippen LogP contribution in [0.5, 0.6) is 5.75 Å². The van der Waals surface area contributed by atoms with Crippen molar-refractivity contribution >= 4 is 23.2 Å². The largest absolute Gasteiger partial charge is 0.466 e. The fourth-order valence-corrected chi connectivity index (χ4v) is 2.64. The van der Waals surface area contributed by atoms with Gasteiger partial charge in [0.1, 0.15) is 5.75 Å². The molecule has 0 atom stereocenters. The van der Waals surface area contributed by atoms with Crippen molar-refractivity contribution in [3.8, 4) is 5.75 Å². The molecule has 0 amide bonds. The van der Waals surface area contributed by atoms with Gasteiger partial charge in [-0.1, -0.05) is 23.2 Å². The fraction of sp³-hybridized carbons (Fsp3) is 0.600. The van der Waals surface area contributed by atoms with Gasteiger partial charge in [-0.3, -0.25) is 0 Å². The van der Waals surface area contributed by atoms with Crippen LogP contribution < -0.4 is 10.1 Å². The van der Waals surface area contributed by atoms with Crippen LogP contribution in [0.3, 0.4) is 0 Å². The molecular weight excluding hydrogens is 297 g/mol. The van der Waals surface area contributed by atoms with Gasteiger partial charge in [0.2, 0.25) is 0 Å². The molecule has 0 unspecified atom stereocenters. The van der Waals surface area contributed by atoms with E-state index in [4.69, 9.17) is 32.7 Å². The molecule has 2 fully saturated rings. The van der Waals surface area contributed by atoms with E-state index < -0.39 is 0 Å². The predicted octanol–water partition coefficient (Wildman–Crippen LogP) is 4.01. The van der Waals surface area contributed by atoms with Crippen molar-refractivity contribution in [1.82, 2.24) is 5.32 Å². The molecule has 0 aromatic heterocycles. The Morgan fingerprint density at radius 1 is 1.15 bits per heavy atom. The van der Waals surface area contributed by atoms with E-state index in [0.717, 1.165) is 24.6 Å². The first-order chi connectivity index (χ1) is 9.72. The summed E-state index contributed by atoms with van der Waals surface area (Å²) in [6, 6.07) is 4.24. The Morgan fingerprint density at radius 3 is 2.65 bits per heavy atom. The van der Waals surface area contributed by atoms with E-state index in [-0.39, 0.29) is 6.79 Å². The van der Waals surface area contributed by atoms with Gasteiger partial charge in [-0.2, -0.15) is 0 Å². The first-order valence-electron chi connectivity index (χ1n) is 7.14. The van der Waals surface area contributed by atoms with Crippen molar-refractivity contribution in [1.29, 1.82) is 0 Å². The summed E-state index contributed by atoms with van der Waals surface area (Å²) in [4.78, 5) is 0. The van der Waals surface area contributed by atoms with Gasteiger partial charge in [-0.15, -0.1) is 0 Å². The van der Waals surface area contributed by atoms with Crippen LogP contribution in [0.1, 0.15) is 31.2 Å². The quantitative estimate of drug-likeness (QED) is 0.581. The SMILES string of the molecule is Clc1cc(Cl)c(OCOCC2CC2)c(CNC2CC2)c1. The Balaban J connectivity index is 1.58. The number of hydrogen-bond donors (Lipinski definition) is 1. The summed E-state index contributed by atoms with van der Waals surface area (Å²) in [5, 5.41) is 4.62. The van der Waals surface area contributed by atoms with Crippen LogP contribution >= 0.6 is 23.2 Å². The van der Waals surface area contributed by atoms with Crippen molar-refractivity contribution in [3.63, 3.8) is 0 Å². The summed E-state index contributed by atoms with van der Waals surface area (Å²) >= 11 is 12.3. The maximum atomic E-state index is 6.23. The summed E-state index contributed by atoms with van der Waals surface area (Å²) in [5.41, 5.74) is 0.990. The molecule has 0 spiro atoms. The van der Waals surface area contributed by atoms with Crippen molar-refractivity contribution in [2.24, 2.45) is 5.92 Å². The van der Waals surface area contributed by atoms with Crippen LogP contribution in [0.15, 0.2) is 12.1 Å². The van der Waals surface area contributed by atoms with Crippen LogP contribution in [-0.4, -0.2) is 19.4 Å². The van der Waals surface area contributed by atoms with E-state index in [1.807, 2.05) is 6.07 Å². The highest BCUT2D eigenvalue weighted by molar-refractivity contribution is 6.35. The zero-order valence-corrected chi connectivity index (χ0v) is 12.8. The lowest BCUT2D eigenvalue weighted by atomic mass is 10.2. The number of rotatable bonds is 8. The Bertz CT molecular complexity index is 473. The van der Waals surface area contributed by atoms with Crippen molar-refractivity contribution in [2.75, 3.05) is 13.4 Å². The second-order valence-electron chi connectivity index (χ2n) is 5.61. The monoisotopic (exact) mass is 315 g/mol.